The summed E-state index contributed by atoms with van der Waals surface area (Å²) in [5.74, 6) is -4.96. The fourth-order valence-electron chi connectivity index (χ4n) is 5.72. The maximum absolute atomic E-state index is 12.3. The van der Waals surface area contributed by atoms with Gasteiger partial charge in [0.05, 0.1) is 65.3 Å². The van der Waals surface area contributed by atoms with Crippen molar-refractivity contribution in [2.45, 2.75) is 39.5 Å². The lowest BCUT2D eigenvalue weighted by molar-refractivity contribution is -0.385. The van der Waals surface area contributed by atoms with Crippen molar-refractivity contribution in [2.75, 3.05) is 21.3 Å². The quantitative estimate of drug-likeness (QED) is 0.153. The van der Waals surface area contributed by atoms with Gasteiger partial charge >= 0.3 is 23.9 Å². The molecule has 16 nitrogen and oxygen atoms in total. The summed E-state index contributed by atoms with van der Waals surface area (Å²) in [7, 11) is 3.66. The lowest BCUT2D eigenvalue weighted by Gasteiger charge is -2.29. The predicted molar refractivity (Wildman–Crippen MR) is 172 cm³/mol. The SMILES string of the molecule is COC(=O)C1=C(C)NC(C)=C(C(=O)O)C1c1cccc([N+](=O)[O-])c1.COC(=O)C1=C(C)NC(C)=C(C(=O)OC)C1c1cccc([N+](=O)[O-])c1. The summed E-state index contributed by atoms with van der Waals surface area (Å²) in [5.41, 5.74) is 2.73. The van der Waals surface area contributed by atoms with E-state index in [1.165, 1.54) is 57.7 Å². The van der Waals surface area contributed by atoms with E-state index in [9.17, 15) is 44.5 Å². The van der Waals surface area contributed by atoms with Gasteiger partial charge in [0.2, 0.25) is 0 Å². The van der Waals surface area contributed by atoms with Gasteiger partial charge < -0.3 is 30.0 Å². The van der Waals surface area contributed by atoms with E-state index in [4.69, 9.17) is 14.2 Å². The third-order valence-electron chi connectivity index (χ3n) is 7.80. The van der Waals surface area contributed by atoms with Crippen LogP contribution < -0.4 is 10.6 Å². The first-order chi connectivity index (χ1) is 23.1. The number of benzene rings is 2. The van der Waals surface area contributed by atoms with Crippen molar-refractivity contribution in [1.82, 2.24) is 10.6 Å². The summed E-state index contributed by atoms with van der Waals surface area (Å²) >= 11 is 0. The van der Waals surface area contributed by atoms with Crippen molar-refractivity contribution in [3.05, 3.63) is 125 Å². The van der Waals surface area contributed by atoms with E-state index in [2.05, 4.69) is 10.6 Å². The number of carboxylic acid groups (broad SMARTS) is 1. The van der Waals surface area contributed by atoms with E-state index < -0.39 is 45.6 Å². The Hall–Kier alpha value is -6.32. The van der Waals surface area contributed by atoms with Gasteiger partial charge in [0.1, 0.15) is 0 Å². The van der Waals surface area contributed by atoms with Gasteiger partial charge in [-0.3, -0.25) is 20.2 Å². The maximum Gasteiger partial charge on any atom is 0.336 e. The number of allylic oxidation sites excluding steroid dienone is 4. The summed E-state index contributed by atoms with van der Waals surface area (Å²) in [5, 5.41) is 37.5. The number of non-ortho nitro benzene ring substituents is 2. The number of hydrogen-bond acceptors (Lipinski definition) is 13. The first-order valence-corrected chi connectivity index (χ1v) is 14.4. The number of nitrogens with one attached hydrogen (secondary N) is 2. The van der Waals surface area contributed by atoms with E-state index in [-0.39, 0.29) is 33.7 Å². The molecule has 258 valence electrons. The third-order valence-corrected chi connectivity index (χ3v) is 7.80. The molecule has 0 saturated heterocycles. The maximum atomic E-state index is 12.3. The lowest BCUT2D eigenvalue weighted by atomic mass is 9.80. The molecule has 0 saturated carbocycles. The van der Waals surface area contributed by atoms with Crippen molar-refractivity contribution in [3.8, 4) is 0 Å². The average molecular weight is 679 g/mol. The molecule has 0 aliphatic carbocycles. The van der Waals surface area contributed by atoms with Gasteiger partial charge in [0.15, 0.2) is 0 Å². The smallest absolute Gasteiger partial charge is 0.336 e. The standard InChI is InChI=1S/C17H18N2O6.C16H16N2O6/c1-9-13(16(20)24-3)15(14(10(2)18-9)17(21)25-4)11-6-5-7-12(8-11)19(22)23;1-8-12(15(19)20)14(13(9(2)17-8)16(21)24-3)10-5-4-6-11(7-10)18(22)23/h5-8,15,18H,1-4H3;4-7,14,17H,1-3H3,(H,19,20). The Morgan fingerprint density at radius 3 is 1.20 bits per heavy atom. The number of ether oxygens (including phenoxy) is 3. The van der Waals surface area contributed by atoms with Crippen molar-refractivity contribution in [2.24, 2.45) is 0 Å². The molecule has 1 unspecified atom stereocenters. The van der Waals surface area contributed by atoms with Gasteiger partial charge in [-0.15, -0.1) is 0 Å². The Kier molecular flexibility index (Phi) is 11.8. The molecule has 2 aromatic carbocycles. The second-order valence-electron chi connectivity index (χ2n) is 10.8. The highest BCUT2D eigenvalue weighted by atomic mass is 16.6. The Labute approximate surface area is 280 Å². The van der Waals surface area contributed by atoms with E-state index in [0.29, 0.717) is 33.9 Å². The number of nitrogens with zero attached hydrogens (tertiary/aromatic N) is 2. The van der Waals surface area contributed by atoms with E-state index in [1.54, 1.807) is 39.8 Å². The number of aliphatic carboxylic acids is 1. The molecule has 0 radical (unpaired) electrons. The molecule has 2 aromatic rings. The van der Waals surface area contributed by atoms with E-state index >= 15 is 0 Å². The van der Waals surface area contributed by atoms with Crippen LogP contribution in [0.3, 0.4) is 0 Å². The van der Waals surface area contributed by atoms with Crippen LogP contribution in [0.5, 0.6) is 0 Å². The number of carbonyl (C=O) groups is 4. The zero-order chi connectivity index (χ0) is 36.7. The van der Waals surface area contributed by atoms with Gasteiger partial charge in [-0.2, -0.15) is 0 Å². The first-order valence-electron chi connectivity index (χ1n) is 14.4. The highest BCUT2D eigenvalue weighted by molar-refractivity contribution is 6.00. The summed E-state index contributed by atoms with van der Waals surface area (Å²) in [6.45, 7) is 6.55. The number of esters is 3. The van der Waals surface area contributed by atoms with Crippen molar-refractivity contribution < 1.29 is 48.3 Å². The number of methoxy groups -OCH3 is 3. The van der Waals surface area contributed by atoms with Gasteiger partial charge in [-0.1, -0.05) is 24.3 Å². The topological polar surface area (TPSA) is 227 Å². The Balaban J connectivity index is 0.000000266. The predicted octanol–water partition coefficient (Wildman–Crippen LogP) is 4.26. The minimum atomic E-state index is -1.22. The first kappa shape index (κ1) is 37.1. The summed E-state index contributed by atoms with van der Waals surface area (Å²) < 4.78 is 14.4. The number of rotatable bonds is 8. The fraction of sp³-hybridized carbons (Fsp3) is 0.273. The number of hydrogen-bond donors (Lipinski definition) is 3. The van der Waals surface area contributed by atoms with Crippen LogP contribution in [0.25, 0.3) is 0 Å². The van der Waals surface area contributed by atoms with Crippen LogP contribution in [0, 0.1) is 20.2 Å². The Bertz CT molecular complexity index is 1830. The number of nitro groups is 2. The van der Waals surface area contributed by atoms with Crippen LogP contribution in [0.4, 0.5) is 11.4 Å². The number of nitro benzene ring substituents is 2. The van der Waals surface area contributed by atoms with E-state index in [1.807, 2.05) is 0 Å². The zero-order valence-corrected chi connectivity index (χ0v) is 27.6. The molecule has 1 atom stereocenters. The molecule has 0 amide bonds. The second-order valence-corrected chi connectivity index (χ2v) is 10.8. The van der Waals surface area contributed by atoms with Gasteiger partial charge in [0, 0.05) is 47.1 Å². The molecule has 16 heteroatoms. The molecule has 2 aliphatic heterocycles. The van der Waals surface area contributed by atoms with Gasteiger partial charge in [-0.25, -0.2) is 19.2 Å². The molecular formula is C33H34N4O12. The minimum Gasteiger partial charge on any atom is -0.478 e. The van der Waals surface area contributed by atoms with Crippen LogP contribution in [0.15, 0.2) is 93.6 Å². The number of dihydropyridines is 2. The summed E-state index contributed by atoms with van der Waals surface area (Å²) in [6.07, 6.45) is 0. The average Bonchev–Trinajstić information content (AvgIpc) is 3.06. The molecule has 2 heterocycles. The number of carboxylic acids is 1. The van der Waals surface area contributed by atoms with Crippen LogP contribution in [0.2, 0.25) is 0 Å². The summed E-state index contributed by atoms with van der Waals surface area (Å²) in [4.78, 5) is 69.5. The second kappa shape index (κ2) is 15.5. The van der Waals surface area contributed by atoms with Crippen molar-refractivity contribution >= 4 is 35.3 Å². The largest absolute Gasteiger partial charge is 0.478 e. The molecule has 0 fully saturated rings. The monoisotopic (exact) mass is 678 g/mol. The normalized spacial score (nSPS) is 16.1. The van der Waals surface area contributed by atoms with Gasteiger partial charge in [-0.05, 0) is 38.8 Å². The lowest BCUT2D eigenvalue weighted by Crippen LogP contribution is -2.32. The molecule has 4 rings (SSSR count). The van der Waals surface area contributed by atoms with Gasteiger partial charge in [0.25, 0.3) is 11.4 Å². The van der Waals surface area contributed by atoms with Crippen molar-refractivity contribution in [1.29, 1.82) is 0 Å². The Morgan fingerprint density at radius 1 is 0.612 bits per heavy atom. The molecular weight excluding hydrogens is 644 g/mol. The Morgan fingerprint density at radius 2 is 0.918 bits per heavy atom. The molecule has 49 heavy (non-hydrogen) atoms. The highest BCUT2D eigenvalue weighted by Crippen LogP contribution is 2.41. The van der Waals surface area contributed by atoms with Crippen LogP contribution >= 0.6 is 0 Å². The third kappa shape index (κ3) is 7.81. The molecule has 3 N–H and O–H groups in total. The van der Waals surface area contributed by atoms with Crippen LogP contribution in [-0.2, 0) is 33.4 Å². The molecule has 0 aromatic heterocycles. The van der Waals surface area contributed by atoms with Crippen LogP contribution in [0.1, 0.15) is 50.7 Å². The minimum absolute atomic E-state index is 0.0542. The van der Waals surface area contributed by atoms with Crippen LogP contribution in [-0.4, -0.2) is 60.2 Å². The zero-order valence-electron chi connectivity index (χ0n) is 27.6. The highest BCUT2D eigenvalue weighted by Gasteiger charge is 2.39. The summed E-state index contributed by atoms with van der Waals surface area (Å²) in [6, 6.07) is 11.4. The van der Waals surface area contributed by atoms with E-state index in [0.717, 1.165) is 0 Å². The molecule has 2 aliphatic rings. The van der Waals surface area contributed by atoms with Crippen molar-refractivity contribution in [3.63, 3.8) is 0 Å². The fourth-order valence-corrected chi connectivity index (χ4v) is 5.72. The number of carbonyl (C=O) groups excluding carboxylic acids is 3. The molecule has 0 bridgehead atoms. The molecule has 0 spiro atoms.